The molecule has 9 nitrogen and oxygen atoms in total. The van der Waals surface area contributed by atoms with E-state index in [1.54, 1.807) is 4.68 Å². The van der Waals surface area contributed by atoms with E-state index >= 15 is 0 Å². The minimum Gasteiger partial charge on any atom is -0.461 e. The third kappa shape index (κ3) is 6.39. The highest BCUT2D eigenvalue weighted by Gasteiger charge is 2.48. The second kappa shape index (κ2) is 13.4. The number of alkyl carbamates (subject to hydrolysis) is 1. The van der Waals surface area contributed by atoms with Crippen molar-refractivity contribution in [1.29, 1.82) is 0 Å². The number of fused-ring (bicyclic) bond motifs is 3. The van der Waals surface area contributed by atoms with E-state index in [9.17, 15) is 9.59 Å². The predicted octanol–water partition coefficient (Wildman–Crippen LogP) is 6.67. The summed E-state index contributed by atoms with van der Waals surface area (Å²) in [5.41, 5.74) is 5.47. The molecule has 1 aromatic heterocycles. The second-order valence-corrected chi connectivity index (χ2v) is 13.0. The van der Waals surface area contributed by atoms with Crippen LogP contribution in [0.25, 0.3) is 0 Å². The highest BCUT2D eigenvalue weighted by molar-refractivity contribution is 5.97. The van der Waals surface area contributed by atoms with Crippen molar-refractivity contribution in [1.82, 2.24) is 20.1 Å². The molecular weight excluding hydrogens is 590 g/mol. The zero-order valence-electron chi connectivity index (χ0n) is 27.6. The highest BCUT2D eigenvalue weighted by Crippen LogP contribution is 2.47. The van der Waals surface area contributed by atoms with Gasteiger partial charge in [0.25, 0.3) is 0 Å². The molecule has 2 heterocycles. The molecule has 1 aliphatic carbocycles. The van der Waals surface area contributed by atoms with Gasteiger partial charge in [0.15, 0.2) is 0 Å². The van der Waals surface area contributed by atoms with Gasteiger partial charge in [0.2, 0.25) is 0 Å². The van der Waals surface area contributed by atoms with Gasteiger partial charge in [-0.25, -0.2) is 9.59 Å². The summed E-state index contributed by atoms with van der Waals surface area (Å²) in [7, 11) is 0. The molecule has 4 aromatic rings. The lowest BCUT2D eigenvalue weighted by molar-refractivity contribution is 0.0500. The number of hydrazone groups is 1. The molecule has 0 bridgehead atoms. The average molecular weight is 634 g/mol. The van der Waals surface area contributed by atoms with E-state index in [0.717, 1.165) is 40.1 Å². The Balaban J connectivity index is 1.36. The summed E-state index contributed by atoms with van der Waals surface area (Å²) in [4.78, 5) is 25.5. The first-order chi connectivity index (χ1) is 22.7. The zero-order chi connectivity index (χ0) is 33.0. The molecule has 9 heteroatoms. The lowest BCUT2D eigenvalue weighted by atomic mass is 9.76. The minimum absolute atomic E-state index is 0.0800. The average Bonchev–Trinajstić information content (AvgIpc) is 3.66. The van der Waals surface area contributed by atoms with Gasteiger partial charge in [-0.3, -0.25) is 9.69 Å². The van der Waals surface area contributed by atoms with Crippen LogP contribution in [-0.4, -0.2) is 57.9 Å². The Morgan fingerprint density at radius 2 is 1.45 bits per heavy atom. The van der Waals surface area contributed by atoms with Crippen molar-refractivity contribution in [3.05, 3.63) is 125 Å². The number of esters is 1. The third-order valence-corrected chi connectivity index (χ3v) is 8.70. The fraction of sp³-hybridized carbons (Fsp3) is 0.368. The van der Waals surface area contributed by atoms with Crippen LogP contribution in [0, 0.1) is 0 Å². The van der Waals surface area contributed by atoms with E-state index in [0.29, 0.717) is 38.2 Å². The number of aryl methyl sites for hydroxylation is 1. The van der Waals surface area contributed by atoms with Gasteiger partial charge in [0.1, 0.15) is 16.8 Å². The van der Waals surface area contributed by atoms with Gasteiger partial charge in [-0.05, 0) is 63.6 Å². The first-order valence-electron chi connectivity index (χ1n) is 16.5. The highest BCUT2D eigenvalue weighted by atomic mass is 16.6. The standard InChI is InChI=1S/C38H43N5O4/c1-5-46-35(44)34-30-22-23-32-31(33(30)41-42(34)25-15-24-39-36(45)47-37(2,3)4)26-43(40-32)38(27-16-9-6-10-17-27,28-18-11-7-12-19-28)29-20-13-8-14-21-29/h6-14,16-21,31H,5,15,22-26H2,1-4H3,(H,39,45). The maximum atomic E-state index is 13.4. The van der Waals surface area contributed by atoms with E-state index in [4.69, 9.17) is 19.7 Å². The molecule has 0 saturated heterocycles. The maximum absolute atomic E-state index is 13.4. The van der Waals surface area contributed by atoms with Gasteiger partial charge >= 0.3 is 12.1 Å². The Kier molecular flexibility index (Phi) is 9.16. The number of benzene rings is 3. The van der Waals surface area contributed by atoms with Crippen LogP contribution in [0.5, 0.6) is 0 Å². The molecule has 0 fully saturated rings. The number of amides is 1. The fourth-order valence-corrected chi connectivity index (χ4v) is 6.83. The van der Waals surface area contributed by atoms with Gasteiger partial charge < -0.3 is 14.8 Å². The molecule has 3 aromatic carbocycles. The number of hydrogen-bond donors (Lipinski definition) is 1. The van der Waals surface area contributed by atoms with Crippen molar-refractivity contribution in [2.75, 3.05) is 19.7 Å². The van der Waals surface area contributed by atoms with Crippen LogP contribution in [0.4, 0.5) is 4.79 Å². The number of hydrogen-bond acceptors (Lipinski definition) is 7. The fourth-order valence-electron chi connectivity index (χ4n) is 6.83. The second-order valence-electron chi connectivity index (χ2n) is 13.0. The molecule has 2 aliphatic rings. The molecule has 1 N–H and O–H groups in total. The summed E-state index contributed by atoms with van der Waals surface area (Å²) >= 11 is 0. The largest absolute Gasteiger partial charge is 0.461 e. The lowest BCUT2D eigenvalue weighted by Crippen LogP contribution is -2.45. The molecule has 1 aliphatic heterocycles. The van der Waals surface area contributed by atoms with Crippen molar-refractivity contribution in [3.63, 3.8) is 0 Å². The number of carbonyl (C=O) groups excluding carboxylic acids is 2. The lowest BCUT2D eigenvalue weighted by Gasteiger charge is -2.42. The van der Waals surface area contributed by atoms with Crippen LogP contribution in [0.1, 0.15) is 84.9 Å². The summed E-state index contributed by atoms with van der Waals surface area (Å²) < 4.78 is 12.7. The number of ether oxygens (including phenoxy) is 2. The van der Waals surface area contributed by atoms with Crippen LogP contribution in [0.15, 0.2) is 96.1 Å². The predicted molar refractivity (Wildman–Crippen MR) is 181 cm³/mol. The van der Waals surface area contributed by atoms with Gasteiger partial charge in [-0.1, -0.05) is 91.0 Å². The molecule has 0 spiro atoms. The molecular formula is C38H43N5O4. The van der Waals surface area contributed by atoms with Crippen LogP contribution in [0.2, 0.25) is 0 Å². The van der Waals surface area contributed by atoms with Crippen LogP contribution in [0.3, 0.4) is 0 Å². The summed E-state index contributed by atoms with van der Waals surface area (Å²) in [6, 6.07) is 31.6. The Hall–Kier alpha value is -4.92. The van der Waals surface area contributed by atoms with Crippen LogP contribution >= 0.6 is 0 Å². The smallest absolute Gasteiger partial charge is 0.407 e. The quantitative estimate of drug-likeness (QED) is 0.119. The molecule has 6 rings (SSSR count). The third-order valence-electron chi connectivity index (χ3n) is 8.70. The van der Waals surface area contributed by atoms with Crippen molar-refractivity contribution >= 4 is 17.8 Å². The topological polar surface area (TPSA) is 98.0 Å². The molecule has 1 atom stereocenters. The Labute approximate surface area is 276 Å². The monoisotopic (exact) mass is 633 g/mol. The number of aromatic nitrogens is 2. The number of nitrogens with zero attached hydrogens (tertiary/aromatic N) is 4. The summed E-state index contributed by atoms with van der Waals surface area (Å²) in [6.45, 7) is 9.01. The van der Waals surface area contributed by atoms with E-state index in [2.05, 4.69) is 83.1 Å². The van der Waals surface area contributed by atoms with Gasteiger partial charge in [0, 0.05) is 24.4 Å². The van der Waals surface area contributed by atoms with Crippen LogP contribution in [-0.2, 0) is 28.0 Å². The number of rotatable bonds is 10. The van der Waals surface area contributed by atoms with Gasteiger partial charge in [0.05, 0.1) is 24.8 Å². The van der Waals surface area contributed by atoms with E-state index in [1.165, 1.54) is 0 Å². The van der Waals surface area contributed by atoms with E-state index in [-0.39, 0.29) is 18.5 Å². The zero-order valence-corrected chi connectivity index (χ0v) is 27.6. The van der Waals surface area contributed by atoms with Crippen molar-refractivity contribution in [2.24, 2.45) is 5.10 Å². The Morgan fingerprint density at radius 3 is 1.98 bits per heavy atom. The Morgan fingerprint density at radius 1 is 0.872 bits per heavy atom. The Bertz CT molecular complexity index is 1630. The van der Waals surface area contributed by atoms with Crippen molar-refractivity contribution in [3.8, 4) is 0 Å². The summed E-state index contributed by atoms with van der Waals surface area (Å²) in [6.07, 6.45) is 1.48. The van der Waals surface area contributed by atoms with E-state index in [1.807, 2.05) is 45.9 Å². The van der Waals surface area contributed by atoms with Gasteiger partial charge in [-0.15, -0.1) is 0 Å². The normalized spacial score (nSPS) is 15.8. The molecule has 244 valence electrons. The first-order valence-corrected chi connectivity index (χ1v) is 16.5. The molecule has 1 unspecified atom stereocenters. The molecule has 0 saturated carbocycles. The molecule has 47 heavy (non-hydrogen) atoms. The molecule has 1 amide bonds. The summed E-state index contributed by atoms with van der Waals surface area (Å²) in [5.74, 6) is -0.452. The number of nitrogens with one attached hydrogen (secondary N) is 1. The van der Waals surface area contributed by atoms with Crippen molar-refractivity contribution in [2.45, 2.75) is 70.6 Å². The molecule has 0 radical (unpaired) electrons. The first kappa shape index (κ1) is 32.0. The van der Waals surface area contributed by atoms with Crippen molar-refractivity contribution < 1.29 is 19.1 Å². The minimum atomic E-state index is -0.686. The van der Waals surface area contributed by atoms with Crippen LogP contribution < -0.4 is 5.32 Å². The van der Waals surface area contributed by atoms with E-state index < -0.39 is 17.2 Å². The SMILES string of the molecule is CCOC(=O)c1c2c(nn1CCCNC(=O)OC(C)(C)C)C1CN(C(c3ccccc3)(c3ccccc3)c3ccccc3)N=C1CC2. The summed E-state index contributed by atoms with van der Waals surface area (Å²) in [5, 5.41) is 15.5. The maximum Gasteiger partial charge on any atom is 0.407 e. The number of carbonyl (C=O) groups is 2. The van der Waals surface area contributed by atoms with Gasteiger partial charge in [-0.2, -0.15) is 10.2 Å².